The zero-order valence-corrected chi connectivity index (χ0v) is 11.9. The second-order valence-corrected chi connectivity index (χ2v) is 5.29. The van der Waals surface area contributed by atoms with Crippen molar-refractivity contribution < 1.29 is 4.68 Å². The van der Waals surface area contributed by atoms with Crippen LogP contribution in [0.15, 0.2) is 42.6 Å². The van der Waals surface area contributed by atoms with Crippen LogP contribution in [-0.2, 0) is 7.05 Å². The molecule has 3 aromatic rings. The van der Waals surface area contributed by atoms with E-state index in [4.69, 9.17) is 0 Å². The molecule has 1 aromatic carbocycles. The maximum atomic E-state index is 2.27. The van der Waals surface area contributed by atoms with Gasteiger partial charge in [-0.25, -0.2) is 0 Å². The zero-order chi connectivity index (χ0) is 13.6. The summed E-state index contributed by atoms with van der Waals surface area (Å²) in [6.07, 6.45) is 2.08. The van der Waals surface area contributed by atoms with E-state index in [1.165, 1.54) is 33.5 Å². The molecular weight excluding hydrogens is 232 g/mol. The number of nitrogens with zero attached hydrogens (tertiary/aromatic N) is 2. The van der Waals surface area contributed by atoms with Gasteiger partial charge in [0.2, 0.25) is 0 Å². The smallest absolute Gasteiger partial charge is 0.121 e. The predicted molar refractivity (Wildman–Crippen MR) is 78.2 cm³/mol. The van der Waals surface area contributed by atoms with Gasteiger partial charge in [-0.15, -0.1) is 9.20 Å². The standard InChI is InChI=1S/C17H19N2/c1-12-10-13(2)14(3)16(11-12)17-8-7-15-6-5-9-18(4)19(15)17/h5-11H,1-4H3/q+1. The first-order valence-electron chi connectivity index (χ1n) is 6.62. The van der Waals surface area contributed by atoms with Crippen LogP contribution in [-0.4, -0.2) is 4.52 Å². The Hall–Kier alpha value is -2.09. The highest BCUT2D eigenvalue weighted by Gasteiger charge is 2.14. The Labute approximate surface area is 113 Å². The second-order valence-electron chi connectivity index (χ2n) is 5.29. The van der Waals surface area contributed by atoms with E-state index in [1.807, 2.05) is 0 Å². The molecule has 2 aromatic heterocycles. The molecule has 0 fully saturated rings. The Bertz CT molecular complexity index is 766. The summed E-state index contributed by atoms with van der Waals surface area (Å²) in [5.41, 5.74) is 7.81. The SMILES string of the molecule is Cc1cc(C)c(C)c(-c2ccc3ccc[n+](C)n23)c1. The van der Waals surface area contributed by atoms with Crippen molar-refractivity contribution in [2.45, 2.75) is 20.8 Å². The molecule has 0 atom stereocenters. The average Bonchev–Trinajstić information content (AvgIpc) is 2.79. The van der Waals surface area contributed by atoms with Crippen molar-refractivity contribution in [2.75, 3.05) is 0 Å². The summed E-state index contributed by atoms with van der Waals surface area (Å²) >= 11 is 0. The van der Waals surface area contributed by atoms with Crippen LogP contribution in [0.5, 0.6) is 0 Å². The summed E-state index contributed by atoms with van der Waals surface area (Å²) in [6.45, 7) is 6.54. The molecule has 0 unspecified atom stereocenters. The first kappa shape index (κ1) is 12.0. The van der Waals surface area contributed by atoms with Crippen LogP contribution in [0, 0.1) is 20.8 Å². The van der Waals surface area contributed by atoms with Crippen LogP contribution < -0.4 is 4.68 Å². The van der Waals surface area contributed by atoms with Gasteiger partial charge < -0.3 is 0 Å². The second kappa shape index (κ2) is 4.23. The highest BCUT2D eigenvalue weighted by molar-refractivity contribution is 5.70. The third-order valence-electron chi connectivity index (χ3n) is 3.86. The third-order valence-corrected chi connectivity index (χ3v) is 3.86. The molecule has 0 saturated heterocycles. The van der Waals surface area contributed by atoms with E-state index in [0.29, 0.717) is 0 Å². The molecule has 0 aliphatic rings. The number of aryl methyl sites for hydroxylation is 3. The molecule has 0 N–H and O–H groups in total. The summed E-state index contributed by atoms with van der Waals surface area (Å²) < 4.78 is 4.38. The lowest BCUT2D eigenvalue weighted by Gasteiger charge is -2.10. The van der Waals surface area contributed by atoms with Crippen LogP contribution in [0.1, 0.15) is 16.7 Å². The quantitative estimate of drug-likeness (QED) is 0.586. The molecule has 0 spiro atoms. The highest BCUT2D eigenvalue weighted by atomic mass is 15.3. The zero-order valence-electron chi connectivity index (χ0n) is 11.9. The van der Waals surface area contributed by atoms with E-state index in [9.17, 15) is 0 Å². The van der Waals surface area contributed by atoms with Gasteiger partial charge in [0.05, 0.1) is 0 Å². The summed E-state index contributed by atoms with van der Waals surface area (Å²) in [5.74, 6) is 0. The predicted octanol–water partition coefficient (Wildman–Crippen LogP) is 3.36. The van der Waals surface area contributed by atoms with Gasteiger partial charge in [0.25, 0.3) is 0 Å². The summed E-state index contributed by atoms with van der Waals surface area (Å²) in [7, 11) is 2.08. The lowest BCUT2D eigenvalue weighted by Crippen LogP contribution is -2.36. The maximum Gasteiger partial charge on any atom is 0.194 e. The van der Waals surface area contributed by atoms with Crippen LogP contribution in [0.2, 0.25) is 0 Å². The third kappa shape index (κ3) is 1.84. The lowest BCUT2D eigenvalue weighted by molar-refractivity contribution is -0.739. The molecule has 0 bridgehead atoms. The van der Waals surface area contributed by atoms with Gasteiger partial charge in [-0.3, -0.25) is 0 Å². The number of aromatic nitrogens is 2. The first-order chi connectivity index (χ1) is 9.08. The van der Waals surface area contributed by atoms with Crippen LogP contribution >= 0.6 is 0 Å². The van der Waals surface area contributed by atoms with Gasteiger partial charge in [0.1, 0.15) is 11.2 Å². The monoisotopic (exact) mass is 251 g/mol. The Kier molecular flexibility index (Phi) is 2.67. The minimum absolute atomic E-state index is 1.22. The number of rotatable bonds is 1. The average molecular weight is 251 g/mol. The molecule has 2 nitrogen and oxygen atoms in total. The number of hydrogen-bond acceptors (Lipinski definition) is 0. The van der Waals surface area contributed by atoms with E-state index < -0.39 is 0 Å². The summed E-state index contributed by atoms with van der Waals surface area (Å²) in [4.78, 5) is 0. The van der Waals surface area contributed by atoms with Crippen LogP contribution in [0.25, 0.3) is 16.8 Å². The minimum Gasteiger partial charge on any atom is -0.121 e. The Morgan fingerprint density at radius 1 is 1.00 bits per heavy atom. The molecule has 19 heavy (non-hydrogen) atoms. The van der Waals surface area contributed by atoms with Gasteiger partial charge >= 0.3 is 0 Å². The molecule has 0 aliphatic heterocycles. The van der Waals surface area contributed by atoms with E-state index >= 15 is 0 Å². The van der Waals surface area contributed by atoms with Crippen molar-refractivity contribution in [1.82, 2.24) is 4.52 Å². The Morgan fingerprint density at radius 3 is 2.58 bits per heavy atom. The minimum atomic E-state index is 1.22. The normalized spacial score (nSPS) is 11.2. The van der Waals surface area contributed by atoms with E-state index in [0.717, 1.165) is 0 Å². The van der Waals surface area contributed by atoms with Crippen LogP contribution in [0.3, 0.4) is 0 Å². The number of hydrogen-bond donors (Lipinski definition) is 0. The molecule has 2 heteroatoms. The fraction of sp³-hybridized carbons (Fsp3) is 0.235. The van der Waals surface area contributed by atoms with Gasteiger partial charge in [-0.2, -0.15) is 0 Å². The largest absolute Gasteiger partial charge is 0.194 e. The fourth-order valence-corrected chi connectivity index (χ4v) is 2.77. The molecule has 2 heterocycles. The number of fused-ring (bicyclic) bond motifs is 1. The van der Waals surface area contributed by atoms with E-state index in [1.54, 1.807) is 0 Å². The van der Waals surface area contributed by atoms with Gasteiger partial charge in [0.15, 0.2) is 13.2 Å². The number of benzene rings is 1. The van der Waals surface area contributed by atoms with Crippen molar-refractivity contribution in [1.29, 1.82) is 0 Å². The molecule has 96 valence electrons. The maximum absolute atomic E-state index is 2.27. The van der Waals surface area contributed by atoms with Crippen LogP contribution in [0.4, 0.5) is 0 Å². The Morgan fingerprint density at radius 2 is 1.79 bits per heavy atom. The topological polar surface area (TPSA) is 8.29 Å². The molecule has 3 rings (SSSR count). The van der Waals surface area contributed by atoms with Crippen molar-refractivity contribution in [2.24, 2.45) is 7.05 Å². The fourth-order valence-electron chi connectivity index (χ4n) is 2.77. The Balaban J connectivity index is 2.37. The summed E-state index contributed by atoms with van der Waals surface area (Å²) in [5, 5.41) is 0. The molecule has 0 saturated carbocycles. The van der Waals surface area contributed by atoms with E-state index in [2.05, 4.69) is 79.6 Å². The molecule has 0 aliphatic carbocycles. The van der Waals surface area contributed by atoms with Gasteiger partial charge in [0, 0.05) is 11.6 Å². The van der Waals surface area contributed by atoms with E-state index in [-0.39, 0.29) is 0 Å². The van der Waals surface area contributed by atoms with Crippen molar-refractivity contribution in [3.05, 3.63) is 59.3 Å². The van der Waals surface area contributed by atoms with Crippen molar-refractivity contribution in [3.63, 3.8) is 0 Å². The molecular formula is C17H19N2+. The van der Waals surface area contributed by atoms with Crippen molar-refractivity contribution >= 4 is 5.52 Å². The van der Waals surface area contributed by atoms with Gasteiger partial charge in [-0.05, 0) is 56.2 Å². The van der Waals surface area contributed by atoms with Crippen molar-refractivity contribution in [3.8, 4) is 11.3 Å². The molecule has 0 radical (unpaired) electrons. The lowest BCUT2D eigenvalue weighted by atomic mass is 9.98. The first-order valence-corrected chi connectivity index (χ1v) is 6.62. The molecule has 0 amide bonds. The highest BCUT2D eigenvalue weighted by Crippen LogP contribution is 2.27. The van der Waals surface area contributed by atoms with Gasteiger partial charge in [-0.1, -0.05) is 11.6 Å². The summed E-state index contributed by atoms with van der Waals surface area (Å²) in [6, 6.07) is 13.1.